The maximum Gasteiger partial charge on any atom is 0.279 e. The summed E-state index contributed by atoms with van der Waals surface area (Å²) in [6, 6.07) is 14.2. The average Bonchev–Trinajstić information content (AvgIpc) is 3.19. The Morgan fingerprint density at radius 1 is 1.20 bits per heavy atom. The Kier molecular flexibility index (Phi) is 3.42. The van der Waals surface area contributed by atoms with Crippen LogP contribution in [-0.4, -0.2) is 36.2 Å². The molecule has 2 aromatic carbocycles. The fourth-order valence-corrected chi connectivity index (χ4v) is 2.62. The van der Waals surface area contributed by atoms with Crippen LogP contribution < -0.4 is 5.32 Å². The summed E-state index contributed by atoms with van der Waals surface area (Å²) in [5.41, 5.74) is 2.30. The van der Waals surface area contributed by atoms with E-state index in [2.05, 4.69) is 25.8 Å². The Bertz CT molecular complexity index is 1070. The number of carbonyl (C=O) groups is 1. The Hall–Kier alpha value is -3.68. The van der Waals surface area contributed by atoms with E-state index in [1.54, 1.807) is 17.7 Å². The summed E-state index contributed by atoms with van der Waals surface area (Å²) in [7, 11) is 0. The molecule has 8 nitrogen and oxygen atoms in total. The quantitative estimate of drug-likeness (QED) is 0.533. The third-order valence-corrected chi connectivity index (χ3v) is 3.89. The van der Waals surface area contributed by atoms with Gasteiger partial charge in [-0.3, -0.25) is 9.89 Å². The van der Waals surface area contributed by atoms with E-state index >= 15 is 0 Å². The Morgan fingerprint density at radius 3 is 2.80 bits per heavy atom. The van der Waals surface area contributed by atoms with Crippen LogP contribution in [0.1, 0.15) is 16.2 Å². The molecule has 0 radical (unpaired) electrons. The van der Waals surface area contributed by atoms with E-state index in [1.807, 2.05) is 30.3 Å². The monoisotopic (exact) mass is 334 g/mol. The first-order chi connectivity index (χ1) is 12.1. The van der Waals surface area contributed by atoms with Gasteiger partial charge in [-0.15, -0.1) is 5.10 Å². The normalized spacial score (nSPS) is 10.9. The number of amides is 1. The fourth-order valence-electron chi connectivity index (χ4n) is 2.62. The van der Waals surface area contributed by atoms with E-state index in [-0.39, 0.29) is 11.4 Å². The molecule has 3 N–H and O–H groups in total. The number of hydrogen-bond donors (Lipinski definition) is 3. The number of phenolic OH excluding ortho intramolecular Hbond substituents is 1. The van der Waals surface area contributed by atoms with Gasteiger partial charge >= 0.3 is 0 Å². The summed E-state index contributed by atoms with van der Waals surface area (Å²) in [5.74, 6) is 0.0884. The zero-order chi connectivity index (χ0) is 17.4. The Balaban J connectivity index is 1.64. The van der Waals surface area contributed by atoms with Crippen molar-refractivity contribution >= 4 is 22.6 Å². The third-order valence-electron chi connectivity index (χ3n) is 3.89. The summed E-state index contributed by atoms with van der Waals surface area (Å²) < 4.78 is 1.61. The molecule has 25 heavy (non-hydrogen) atoms. The Morgan fingerprint density at radius 2 is 2.00 bits per heavy atom. The molecule has 1 amide bonds. The number of benzene rings is 2. The van der Waals surface area contributed by atoms with Crippen LogP contribution in [0.5, 0.6) is 5.75 Å². The van der Waals surface area contributed by atoms with Crippen molar-refractivity contribution in [2.24, 2.45) is 0 Å². The number of hydrogen-bond acceptors (Lipinski definition) is 5. The molecule has 2 heterocycles. The predicted octanol–water partition coefficient (Wildman–Crippen LogP) is 2.41. The van der Waals surface area contributed by atoms with E-state index < -0.39 is 5.91 Å². The first-order valence-electron chi connectivity index (χ1n) is 7.59. The molecule has 0 unspecified atom stereocenters. The summed E-state index contributed by atoms with van der Waals surface area (Å²) in [6.45, 7) is 1.78. The van der Waals surface area contributed by atoms with E-state index in [4.69, 9.17) is 0 Å². The number of H-pyrrole nitrogens is 1. The number of anilines is 1. The van der Waals surface area contributed by atoms with Crippen LogP contribution in [0.25, 0.3) is 16.6 Å². The number of phenols is 1. The number of carbonyl (C=O) groups excluding carboxylic acids is 1. The van der Waals surface area contributed by atoms with E-state index in [0.717, 1.165) is 5.69 Å². The van der Waals surface area contributed by atoms with Crippen molar-refractivity contribution in [3.63, 3.8) is 0 Å². The highest BCUT2D eigenvalue weighted by atomic mass is 16.3. The number of nitrogens with zero attached hydrogens (tertiary/aromatic N) is 4. The van der Waals surface area contributed by atoms with Crippen molar-refractivity contribution in [1.29, 1.82) is 0 Å². The summed E-state index contributed by atoms with van der Waals surface area (Å²) >= 11 is 0. The van der Waals surface area contributed by atoms with Gasteiger partial charge in [0.05, 0.1) is 16.9 Å². The molecule has 4 rings (SSSR count). The van der Waals surface area contributed by atoms with E-state index in [0.29, 0.717) is 22.4 Å². The number of rotatable bonds is 3. The number of aromatic hydroxyl groups is 1. The summed E-state index contributed by atoms with van der Waals surface area (Å²) in [6.07, 6.45) is 0. The molecular formula is C17H14N6O2. The van der Waals surface area contributed by atoms with Crippen LogP contribution in [0.3, 0.4) is 0 Å². The molecule has 4 aromatic rings. The van der Waals surface area contributed by atoms with Crippen LogP contribution in [0.15, 0.2) is 48.5 Å². The first-order valence-corrected chi connectivity index (χ1v) is 7.59. The third kappa shape index (κ3) is 2.59. The standard InChI is InChI=1S/C17H14N6O2/c1-10-15(20-22-23(10)11-5-3-2-4-6-11)17(25)18-16-13-8-7-12(24)9-14(13)19-21-16/h2-9,24H,1H3,(H2,18,19,21,25). The highest BCUT2D eigenvalue weighted by Gasteiger charge is 2.19. The van der Waals surface area contributed by atoms with E-state index in [1.165, 1.54) is 12.1 Å². The molecule has 0 aliphatic rings. The fraction of sp³-hybridized carbons (Fsp3) is 0.0588. The van der Waals surface area contributed by atoms with Crippen molar-refractivity contribution in [2.45, 2.75) is 6.92 Å². The van der Waals surface area contributed by atoms with Crippen LogP contribution in [-0.2, 0) is 0 Å². The lowest BCUT2D eigenvalue weighted by molar-refractivity contribution is 0.102. The molecule has 0 saturated heterocycles. The number of aromatic amines is 1. The molecule has 0 saturated carbocycles. The highest BCUT2D eigenvalue weighted by Crippen LogP contribution is 2.24. The largest absolute Gasteiger partial charge is 0.508 e. The molecule has 8 heteroatoms. The van der Waals surface area contributed by atoms with Gasteiger partial charge in [-0.25, -0.2) is 4.68 Å². The van der Waals surface area contributed by atoms with Gasteiger partial charge in [0.2, 0.25) is 0 Å². The molecule has 0 spiro atoms. The van der Waals surface area contributed by atoms with Crippen LogP contribution >= 0.6 is 0 Å². The van der Waals surface area contributed by atoms with Crippen molar-refractivity contribution < 1.29 is 9.90 Å². The van der Waals surface area contributed by atoms with Gasteiger partial charge in [-0.1, -0.05) is 23.4 Å². The summed E-state index contributed by atoms with van der Waals surface area (Å²) in [5, 5.41) is 27.8. The molecule has 0 aliphatic heterocycles. The van der Waals surface area contributed by atoms with Crippen molar-refractivity contribution in [2.75, 3.05) is 5.32 Å². The number of nitrogens with one attached hydrogen (secondary N) is 2. The second-order valence-electron chi connectivity index (χ2n) is 5.53. The second kappa shape index (κ2) is 5.75. The van der Waals surface area contributed by atoms with Crippen molar-refractivity contribution in [3.05, 3.63) is 59.9 Å². The van der Waals surface area contributed by atoms with Crippen molar-refractivity contribution in [1.82, 2.24) is 25.2 Å². The molecular weight excluding hydrogens is 320 g/mol. The van der Waals surface area contributed by atoms with Gasteiger partial charge in [0.15, 0.2) is 11.5 Å². The molecule has 0 bridgehead atoms. The molecule has 0 aliphatic carbocycles. The van der Waals surface area contributed by atoms with Crippen LogP contribution in [0, 0.1) is 6.92 Å². The Labute approximate surface area is 142 Å². The smallest absolute Gasteiger partial charge is 0.279 e. The number of aromatic nitrogens is 5. The highest BCUT2D eigenvalue weighted by molar-refractivity contribution is 6.07. The maximum atomic E-state index is 12.6. The number of fused-ring (bicyclic) bond motifs is 1. The minimum Gasteiger partial charge on any atom is -0.508 e. The zero-order valence-corrected chi connectivity index (χ0v) is 13.3. The topological polar surface area (TPSA) is 109 Å². The lowest BCUT2D eigenvalue weighted by atomic mass is 10.2. The van der Waals surface area contributed by atoms with Crippen LogP contribution in [0.2, 0.25) is 0 Å². The van der Waals surface area contributed by atoms with Gasteiger partial charge in [-0.2, -0.15) is 5.10 Å². The predicted molar refractivity (Wildman–Crippen MR) is 91.8 cm³/mol. The van der Waals surface area contributed by atoms with Gasteiger partial charge in [0, 0.05) is 11.5 Å². The van der Waals surface area contributed by atoms with Crippen molar-refractivity contribution in [3.8, 4) is 11.4 Å². The summed E-state index contributed by atoms with van der Waals surface area (Å²) in [4.78, 5) is 12.6. The van der Waals surface area contributed by atoms with Gasteiger partial charge in [0.1, 0.15) is 5.75 Å². The van der Waals surface area contributed by atoms with Gasteiger partial charge < -0.3 is 10.4 Å². The lowest BCUT2D eigenvalue weighted by Crippen LogP contribution is -2.14. The maximum absolute atomic E-state index is 12.6. The lowest BCUT2D eigenvalue weighted by Gasteiger charge is -2.03. The number of para-hydroxylation sites is 1. The molecule has 0 atom stereocenters. The minimum absolute atomic E-state index is 0.121. The second-order valence-corrected chi connectivity index (χ2v) is 5.53. The van der Waals surface area contributed by atoms with Gasteiger partial charge in [-0.05, 0) is 31.2 Å². The molecule has 2 aromatic heterocycles. The first kappa shape index (κ1) is 14.9. The molecule has 0 fully saturated rings. The average molecular weight is 334 g/mol. The zero-order valence-electron chi connectivity index (χ0n) is 13.3. The minimum atomic E-state index is -0.402. The van der Waals surface area contributed by atoms with E-state index in [9.17, 15) is 9.90 Å². The molecule has 124 valence electrons. The van der Waals surface area contributed by atoms with Gasteiger partial charge in [0.25, 0.3) is 5.91 Å². The SMILES string of the molecule is Cc1c(C(=O)Nc2n[nH]c3cc(O)ccc23)nnn1-c1ccccc1. The van der Waals surface area contributed by atoms with Crippen LogP contribution in [0.4, 0.5) is 5.82 Å².